The average molecular weight is 313 g/mol. The number of rotatable bonds is 5. The molecule has 0 saturated heterocycles. The van der Waals surface area contributed by atoms with Crippen molar-refractivity contribution in [3.05, 3.63) is 29.8 Å². The molecule has 0 aliphatic carbocycles. The maximum absolute atomic E-state index is 11.9. The molecule has 0 heterocycles. The molecule has 8 heteroatoms. The van der Waals surface area contributed by atoms with Crippen LogP contribution in [0.1, 0.15) is 12.5 Å². The van der Waals surface area contributed by atoms with Gasteiger partial charge in [-0.05, 0) is 17.7 Å². The summed E-state index contributed by atoms with van der Waals surface area (Å²) in [5, 5.41) is 2.64. The Morgan fingerprint density at radius 3 is 2.35 bits per heavy atom. The van der Waals surface area contributed by atoms with E-state index in [9.17, 15) is 18.0 Å². The van der Waals surface area contributed by atoms with E-state index in [1.54, 1.807) is 6.92 Å². The van der Waals surface area contributed by atoms with Crippen molar-refractivity contribution in [1.29, 1.82) is 0 Å². The van der Waals surface area contributed by atoms with Gasteiger partial charge in [0.2, 0.25) is 5.91 Å². The maximum Gasteiger partial charge on any atom is 0.573 e. The van der Waals surface area contributed by atoms with Crippen molar-refractivity contribution < 1.29 is 22.7 Å². The highest BCUT2D eigenvalue weighted by Crippen LogP contribution is 2.22. The Morgan fingerprint density at radius 1 is 1.35 bits per heavy atom. The Labute approximate surface area is 120 Å². The Bertz CT molecular complexity index is 424. The summed E-state index contributed by atoms with van der Waals surface area (Å²) in [6.45, 7) is 2.16. The SMILES string of the molecule is CC(CN)C(=O)NCc1ccc(OC(F)(F)F)cc1.Cl. The molecule has 4 nitrogen and oxygen atoms in total. The molecule has 1 atom stereocenters. The van der Waals surface area contributed by atoms with E-state index in [1.165, 1.54) is 24.3 Å². The third-order valence-electron chi connectivity index (χ3n) is 2.42. The van der Waals surface area contributed by atoms with E-state index >= 15 is 0 Å². The van der Waals surface area contributed by atoms with Crippen molar-refractivity contribution in [3.8, 4) is 5.75 Å². The van der Waals surface area contributed by atoms with Crippen LogP contribution in [-0.4, -0.2) is 18.8 Å². The fraction of sp³-hybridized carbons (Fsp3) is 0.417. The molecule has 0 saturated carbocycles. The number of alkyl halides is 3. The van der Waals surface area contributed by atoms with Crippen molar-refractivity contribution in [1.82, 2.24) is 5.32 Å². The van der Waals surface area contributed by atoms with Crippen LogP contribution in [-0.2, 0) is 11.3 Å². The Morgan fingerprint density at radius 2 is 1.90 bits per heavy atom. The van der Waals surface area contributed by atoms with Crippen molar-refractivity contribution in [3.63, 3.8) is 0 Å². The largest absolute Gasteiger partial charge is 0.573 e. The maximum atomic E-state index is 11.9. The number of nitrogens with one attached hydrogen (secondary N) is 1. The van der Waals surface area contributed by atoms with E-state index in [0.29, 0.717) is 5.56 Å². The van der Waals surface area contributed by atoms with Crippen LogP contribution in [0.3, 0.4) is 0 Å². The van der Waals surface area contributed by atoms with Crippen LogP contribution in [0.2, 0.25) is 0 Å². The highest BCUT2D eigenvalue weighted by molar-refractivity contribution is 5.85. The predicted octanol–water partition coefficient (Wildman–Crippen LogP) is 2.22. The molecule has 3 N–H and O–H groups in total. The van der Waals surface area contributed by atoms with Crippen molar-refractivity contribution in [2.24, 2.45) is 11.7 Å². The summed E-state index contributed by atoms with van der Waals surface area (Å²) in [5.74, 6) is -0.788. The molecular weight excluding hydrogens is 297 g/mol. The smallest absolute Gasteiger partial charge is 0.406 e. The van der Waals surface area contributed by atoms with Crippen molar-refractivity contribution in [2.75, 3.05) is 6.54 Å². The lowest BCUT2D eigenvalue weighted by Gasteiger charge is -2.11. The van der Waals surface area contributed by atoms with Crippen molar-refractivity contribution >= 4 is 18.3 Å². The number of carbonyl (C=O) groups is 1. The number of halogens is 4. The molecule has 114 valence electrons. The highest BCUT2D eigenvalue weighted by atomic mass is 35.5. The molecular formula is C12H16ClF3N2O2. The van der Waals surface area contributed by atoms with E-state index in [0.717, 1.165) is 0 Å². The number of hydrogen-bond acceptors (Lipinski definition) is 3. The number of nitrogens with two attached hydrogens (primary N) is 1. The lowest BCUT2D eigenvalue weighted by Crippen LogP contribution is -2.32. The molecule has 0 spiro atoms. The fourth-order valence-electron chi connectivity index (χ4n) is 1.28. The van der Waals surface area contributed by atoms with Gasteiger partial charge in [0.25, 0.3) is 0 Å². The lowest BCUT2D eigenvalue weighted by molar-refractivity contribution is -0.274. The van der Waals surface area contributed by atoms with Gasteiger partial charge in [-0.3, -0.25) is 4.79 Å². The Kier molecular flexibility index (Phi) is 7.38. The van der Waals surface area contributed by atoms with E-state index in [4.69, 9.17) is 5.73 Å². The monoisotopic (exact) mass is 312 g/mol. The number of carbonyl (C=O) groups excluding carboxylic acids is 1. The number of ether oxygens (including phenoxy) is 1. The van der Waals surface area contributed by atoms with Crippen LogP contribution in [0.5, 0.6) is 5.75 Å². The first kappa shape index (κ1) is 18.5. The number of hydrogen-bond donors (Lipinski definition) is 2. The second-order valence-corrected chi connectivity index (χ2v) is 4.05. The molecule has 1 aromatic rings. The zero-order valence-corrected chi connectivity index (χ0v) is 11.6. The van der Waals surface area contributed by atoms with E-state index in [1.807, 2.05) is 0 Å². The Balaban J connectivity index is 0.00000361. The summed E-state index contributed by atoms with van der Waals surface area (Å²) in [6.07, 6.45) is -4.70. The van der Waals surface area contributed by atoms with Crippen molar-refractivity contribution in [2.45, 2.75) is 19.8 Å². The van der Waals surface area contributed by atoms with Gasteiger partial charge in [0, 0.05) is 19.0 Å². The van der Waals surface area contributed by atoms with Gasteiger partial charge >= 0.3 is 6.36 Å². The summed E-state index contributed by atoms with van der Waals surface area (Å²) in [5.41, 5.74) is 6.01. The van der Waals surface area contributed by atoms with Gasteiger partial charge in [-0.2, -0.15) is 0 Å². The van der Waals surface area contributed by atoms with Crippen LogP contribution in [0, 0.1) is 5.92 Å². The molecule has 0 radical (unpaired) electrons. The minimum absolute atomic E-state index is 0. The quantitative estimate of drug-likeness (QED) is 0.876. The lowest BCUT2D eigenvalue weighted by atomic mass is 10.1. The van der Waals surface area contributed by atoms with Gasteiger partial charge in [-0.25, -0.2) is 0 Å². The van der Waals surface area contributed by atoms with Crippen LogP contribution in [0.25, 0.3) is 0 Å². The van der Waals surface area contributed by atoms with Gasteiger partial charge in [0.1, 0.15) is 5.75 Å². The van der Waals surface area contributed by atoms with Gasteiger partial charge in [0.05, 0.1) is 0 Å². The van der Waals surface area contributed by atoms with Gasteiger partial charge < -0.3 is 15.8 Å². The zero-order chi connectivity index (χ0) is 14.5. The second-order valence-electron chi connectivity index (χ2n) is 4.05. The molecule has 0 aliphatic heterocycles. The van der Waals surface area contributed by atoms with Crippen LogP contribution in [0.4, 0.5) is 13.2 Å². The minimum Gasteiger partial charge on any atom is -0.406 e. The normalized spacial score (nSPS) is 12.2. The summed E-state index contributed by atoms with van der Waals surface area (Å²) in [6, 6.07) is 5.30. The van der Waals surface area contributed by atoms with E-state index in [2.05, 4.69) is 10.1 Å². The molecule has 0 aliphatic rings. The molecule has 1 rings (SSSR count). The first-order valence-electron chi connectivity index (χ1n) is 5.64. The van der Waals surface area contributed by atoms with Crippen LogP contribution >= 0.6 is 12.4 Å². The molecule has 1 aromatic carbocycles. The number of amides is 1. The third-order valence-corrected chi connectivity index (χ3v) is 2.42. The standard InChI is InChI=1S/C12H15F3N2O2.ClH/c1-8(6-16)11(18)17-7-9-2-4-10(5-3-9)19-12(13,14)15;/h2-5,8H,6-7,16H2,1H3,(H,17,18);1H. The third kappa shape index (κ3) is 6.63. The molecule has 0 aromatic heterocycles. The minimum atomic E-state index is -4.70. The fourth-order valence-corrected chi connectivity index (χ4v) is 1.28. The molecule has 1 amide bonds. The van der Waals surface area contributed by atoms with Gasteiger partial charge in [-0.15, -0.1) is 25.6 Å². The van der Waals surface area contributed by atoms with E-state index in [-0.39, 0.29) is 43.1 Å². The average Bonchev–Trinajstić information content (AvgIpc) is 2.34. The molecule has 0 bridgehead atoms. The van der Waals surface area contributed by atoms with E-state index < -0.39 is 6.36 Å². The highest BCUT2D eigenvalue weighted by Gasteiger charge is 2.30. The predicted molar refractivity (Wildman–Crippen MR) is 70.4 cm³/mol. The first-order valence-corrected chi connectivity index (χ1v) is 5.64. The second kappa shape index (κ2) is 7.96. The summed E-state index contributed by atoms with van der Waals surface area (Å²) in [7, 11) is 0. The van der Waals surface area contributed by atoms with Gasteiger partial charge in [-0.1, -0.05) is 19.1 Å². The topological polar surface area (TPSA) is 64.4 Å². The zero-order valence-electron chi connectivity index (χ0n) is 10.7. The molecule has 0 fully saturated rings. The van der Waals surface area contributed by atoms with Crippen LogP contribution in [0.15, 0.2) is 24.3 Å². The molecule has 20 heavy (non-hydrogen) atoms. The first-order chi connectivity index (χ1) is 8.81. The Hall–Kier alpha value is -1.47. The van der Waals surface area contributed by atoms with Crippen LogP contribution < -0.4 is 15.8 Å². The summed E-state index contributed by atoms with van der Waals surface area (Å²) < 4.78 is 39.5. The number of benzene rings is 1. The summed E-state index contributed by atoms with van der Waals surface area (Å²) in [4.78, 5) is 11.4. The summed E-state index contributed by atoms with van der Waals surface area (Å²) >= 11 is 0. The molecule has 1 unspecified atom stereocenters. The van der Waals surface area contributed by atoms with Gasteiger partial charge in [0.15, 0.2) is 0 Å².